The number of ether oxygens (including phenoxy) is 1. The highest BCUT2D eigenvalue weighted by molar-refractivity contribution is 5.86. The number of hydrogen-bond donors (Lipinski definition) is 1. The number of carbonyl (C=O) groups excluding carboxylic acids is 1. The van der Waals surface area contributed by atoms with Crippen molar-refractivity contribution in [3.63, 3.8) is 0 Å². The first-order valence-corrected chi connectivity index (χ1v) is 10.5. The van der Waals surface area contributed by atoms with Crippen molar-refractivity contribution in [2.75, 3.05) is 40.3 Å². The normalized spacial score (nSPS) is 16.5. The minimum Gasteiger partial charge on any atom is -0.376 e. The van der Waals surface area contributed by atoms with Gasteiger partial charge in [-0.05, 0) is 17.5 Å². The molecule has 6 heteroatoms. The zero-order valence-corrected chi connectivity index (χ0v) is 18.0. The monoisotopic (exact) mass is 408 g/mol. The maximum absolute atomic E-state index is 12.0. The number of likely N-dealkylation sites (N-methyl/N-ethyl adjacent to an activating group) is 1. The predicted octanol–water partition coefficient (Wildman–Crippen LogP) is 2.76. The van der Waals surface area contributed by atoms with Crippen LogP contribution < -0.4 is 5.32 Å². The van der Waals surface area contributed by atoms with E-state index < -0.39 is 0 Å². The molecule has 3 rings (SSSR count). The molecule has 1 saturated heterocycles. The second kappa shape index (κ2) is 11.4. The number of likely N-dealkylation sites (tertiary alicyclic amines) is 1. The summed E-state index contributed by atoms with van der Waals surface area (Å²) in [6.45, 7) is 3.99. The summed E-state index contributed by atoms with van der Waals surface area (Å²) < 4.78 is 5.94. The topological polar surface area (TPSA) is 57.2 Å². The molecule has 1 heterocycles. The lowest BCUT2D eigenvalue weighted by molar-refractivity contribution is -0.127. The van der Waals surface area contributed by atoms with E-state index in [-0.39, 0.29) is 12.5 Å². The van der Waals surface area contributed by atoms with Gasteiger partial charge in [0.1, 0.15) is 0 Å². The summed E-state index contributed by atoms with van der Waals surface area (Å²) in [5.74, 6) is 1.28. The van der Waals surface area contributed by atoms with Gasteiger partial charge in [-0.15, -0.1) is 0 Å². The van der Waals surface area contributed by atoms with Crippen LogP contribution >= 0.6 is 0 Å². The van der Waals surface area contributed by atoms with Gasteiger partial charge in [-0.2, -0.15) is 0 Å². The Morgan fingerprint density at radius 2 is 1.77 bits per heavy atom. The fourth-order valence-electron chi connectivity index (χ4n) is 3.41. The molecule has 1 aliphatic rings. The van der Waals surface area contributed by atoms with Gasteiger partial charge < -0.3 is 19.9 Å². The molecule has 1 amide bonds. The number of aliphatic imine (C=N–C) groups is 1. The van der Waals surface area contributed by atoms with Crippen molar-refractivity contribution in [2.24, 2.45) is 10.9 Å². The second-order valence-electron chi connectivity index (χ2n) is 7.87. The quantitative estimate of drug-likeness (QED) is 0.539. The van der Waals surface area contributed by atoms with E-state index >= 15 is 0 Å². The Bertz CT molecular complexity index is 808. The Labute approximate surface area is 179 Å². The molecule has 1 aliphatic heterocycles. The van der Waals surface area contributed by atoms with Gasteiger partial charge in [0, 0.05) is 33.1 Å². The van der Waals surface area contributed by atoms with Crippen LogP contribution in [0.4, 0.5) is 0 Å². The van der Waals surface area contributed by atoms with Gasteiger partial charge in [-0.1, -0.05) is 60.7 Å². The molecule has 1 unspecified atom stereocenters. The van der Waals surface area contributed by atoms with Crippen molar-refractivity contribution in [3.8, 4) is 0 Å². The Balaban J connectivity index is 1.55. The molecular weight excluding hydrogens is 376 g/mol. The molecule has 1 fully saturated rings. The number of amides is 1. The number of carbonyl (C=O) groups is 1. The van der Waals surface area contributed by atoms with Crippen molar-refractivity contribution in [2.45, 2.75) is 19.6 Å². The van der Waals surface area contributed by atoms with Crippen LogP contribution in [0.3, 0.4) is 0 Å². The standard InChI is InChI=1S/C24H32N4O2/c1-27(2)23(29)16-26-24(25-15-20-9-5-3-6-10-20)28-14-13-22(17-28)19-30-18-21-11-7-4-8-12-21/h3-12,22H,13-19H2,1-2H3,(H,25,26). The van der Waals surface area contributed by atoms with E-state index in [1.165, 1.54) is 5.56 Å². The van der Waals surface area contributed by atoms with E-state index in [0.717, 1.165) is 37.6 Å². The van der Waals surface area contributed by atoms with Crippen LogP contribution in [0.1, 0.15) is 17.5 Å². The summed E-state index contributed by atoms with van der Waals surface area (Å²) in [6.07, 6.45) is 1.06. The lowest BCUT2D eigenvalue weighted by Gasteiger charge is -2.23. The fourth-order valence-corrected chi connectivity index (χ4v) is 3.41. The van der Waals surface area contributed by atoms with Crippen molar-refractivity contribution in [1.29, 1.82) is 0 Å². The minimum absolute atomic E-state index is 0.0318. The molecular formula is C24H32N4O2. The number of nitrogens with one attached hydrogen (secondary N) is 1. The number of guanidine groups is 1. The molecule has 30 heavy (non-hydrogen) atoms. The molecule has 0 spiro atoms. The molecule has 0 aromatic heterocycles. The van der Waals surface area contributed by atoms with Gasteiger partial charge in [-0.3, -0.25) is 4.79 Å². The van der Waals surface area contributed by atoms with Crippen LogP contribution in [0.25, 0.3) is 0 Å². The van der Waals surface area contributed by atoms with Gasteiger partial charge >= 0.3 is 0 Å². The smallest absolute Gasteiger partial charge is 0.241 e. The summed E-state index contributed by atoms with van der Waals surface area (Å²) in [5.41, 5.74) is 2.35. The van der Waals surface area contributed by atoms with Crippen LogP contribution in [-0.2, 0) is 22.7 Å². The molecule has 0 radical (unpaired) electrons. The van der Waals surface area contributed by atoms with Crippen LogP contribution in [-0.4, -0.2) is 62.0 Å². The number of nitrogens with zero attached hydrogens (tertiary/aromatic N) is 3. The van der Waals surface area contributed by atoms with Crippen LogP contribution in [0.15, 0.2) is 65.7 Å². The third-order valence-corrected chi connectivity index (χ3v) is 5.20. The molecule has 1 atom stereocenters. The number of rotatable bonds is 8. The van der Waals surface area contributed by atoms with Crippen molar-refractivity contribution in [1.82, 2.24) is 15.1 Å². The molecule has 2 aromatic rings. The zero-order chi connectivity index (χ0) is 21.2. The molecule has 0 bridgehead atoms. The van der Waals surface area contributed by atoms with Gasteiger partial charge in [0.2, 0.25) is 5.91 Å². The highest BCUT2D eigenvalue weighted by Crippen LogP contribution is 2.18. The van der Waals surface area contributed by atoms with Crippen molar-refractivity contribution in [3.05, 3.63) is 71.8 Å². The average Bonchev–Trinajstić information content (AvgIpc) is 3.23. The molecule has 1 N–H and O–H groups in total. The summed E-state index contributed by atoms with van der Waals surface area (Å²) in [6, 6.07) is 20.4. The molecule has 2 aromatic carbocycles. The summed E-state index contributed by atoms with van der Waals surface area (Å²) in [7, 11) is 3.53. The van der Waals surface area contributed by atoms with E-state index in [1.54, 1.807) is 19.0 Å². The van der Waals surface area contributed by atoms with E-state index in [1.807, 2.05) is 36.4 Å². The van der Waals surface area contributed by atoms with E-state index in [0.29, 0.717) is 19.1 Å². The fraction of sp³-hybridized carbons (Fsp3) is 0.417. The Kier molecular flexibility index (Phi) is 8.27. The summed E-state index contributed by atoms with van der Waals surface area (Å²) in [4.78, 5) is 20.7. The minimum atomic E-state index is 0.0318. The maximum atomic E-state index is 12.0. The van der Waals surface area contributed by atoms with E-state index in [9.17, 15) is 4.79 Å². The molecule has 0 aliphatic carbocycles. The van der Waals surface area contributed by atoms with E-state index in [2.05, 4.69) is 34.5 Å². The molecule has 0 saturated carbocycles. The average molecular weight is 409 g/mol. The number of hydrogen-bond acceptors (Lipinski definition) is 3. The summed E-state index contributed by atoms with van der Waals surface area (Å²) >= 11 is 0. The zero-order valence-electron chi connectivity index (χ0n) is 18.0. The van der Waals surface area contributed by atoms with Gasteiger partial charge in [0.05, 0.1) is 26.3 Å². The SMILES string of the molecule is CN(C)C(=O)CNC(=NCc1ccccc1)N1CCC(COCc2ccccc2)C1. The Morgan fingerprint density at radius 1 is 1.10 bits per heavy atom. The predicted molar refractivity (Wildman–Crippen MR) is 120 cm³/mol. The van der Waals surface area contributed by atoms with Crippen LogP contribution in [0.2, 0.25) is 0 Å². The molecule has 6 nitrogen and oxygen atoms in total. The highest BCUT2D eigenvalue weighted by atomic mass is 16.5. The van der Waals surface area contributed by atoms with Crippen molar-refractivity contribution >= 4 is 11.9 Å². The van der Waals surface area contributed by atoms with E-state index in [4.69, 9.17) is 9.73 Å². The third-order valence-electron chi connectivity index (χ3n) is 5.20. The van der Waals surface area contributed by atoms with Gasteiger partial charge in [-0.25, -0.2) is 4.99 Å². The first kappa shape index (κ1) is 21.8. The highest BCUT2D eigenvalue weighted by Gasteiger charge is 2.25. The lowest BCUT2D eigenvalue weighted by atomic mass is 10.1. The Morgan fingerprint density at radius 3 is 2.43 bits per heavy atom. The first-order chi connectivity index (χ1) is 14.6. The largest absolute Gasteiger partial charge is 0.376 e. The van der Waals surface area contributed by atoms with Gasteiger partial charge in [0.25, 0.3) is 0 Å². The van der Waals surface area contributed by atoms with Crippen molar-refractivity contribution < 1.29 is 9.53 Å². The maximum Gasteiger partial charge on any atom is 0.241 e. The number of benzene rings is 2. The van der Waals surface area contributed by atoms with Crippen LogP contribution in [0, 0.1) is 5.92 Å². The third kappa shape index (κ3) is 6.88. The molecule has 160 valence electrons. The second-order valence-corrected chi connectivity index (χ2v) is 7.87. The van der Waals surface area contributed by atoms with Gasteiger partial charge in [0.15, 0.2) is 5.96 Å². The summed E-state index contributed by atoms with van der Waals surface area (Å²) in [5, 5.41) is 3.26. The first-order valence-electron chi connectivity index (χ1n) is 10.5. The lowest BCUT2D eigenvalue weighted by Crippen LogP contribution is -2.44. The Hall–Kier alpha value is -2.86. The van der Waals surface area contributed by atoms with Crippen LogP contribution in [0.5, 0.6) is 0 Å².